The quantitative estimate of drug-likeness (QED) is 0.683. The summed E-state index contributed by atoms with van der Waals surface area (Å²) in [6.07, 6.45) is 0. The summed E-state index contributed by atoms with van der Waals surface area (Å²) in [5, 5.41) is 14.1. The molecule has 0 fully saturated rings. The predicted molar refractivity (Wildman–Crippen MR) is 80.1 cm³/mol. The van der Waals surface area contributed by atoms with Crippen LogP contribution in [0.2, 0.25) is 0 Å². The number of aromatic nitrogens is 1. The van der Waals surface area contributed by atoms with Crippen molar-refractivity contribution in [2.24, 2.45) is 0 Å². The average Bonchev–Trinajstić information content (AvgIpc) is 2.42. The second-order valence-corrected chi connectivity index (χ2v) is 4.82. The molecule has 0 saturated carbocycles. The molecule has 0 amide bonds. The van der Waals surface area contributed by atoms with Crippen molar-refractivity contribution in [3.05, 3.63) is 51.1 Å². The van der Waals surface area contributed by atoms with Gasteiger partial charge in [-0.1, -0.05) is 6.07 Å². The molecule has 2 aromatic rings. The van der Waals surface area contributed by atoms with Crippen molar-refractivity contribution in [1.82, 2.24) is 4.98 Å². The zero-order valence-corrected chi connectivity index (χ0v) is 12.0. The van der Waals surface area contributed by atoms with Crippen LogP contribution in [0.1, 0.15) is 16.7 Å². The van der Waals surface area contributed by atoms with Crippen LogP contribution in [0.15, 0.2) is 24.3 Å². The Hall–Kier alpha value is -2.43. The highest BCUT2D eigenvalue weighted by Gasteiger charge is 2.19. The summed E-state index contributed by atoms with van der Waals surface area (Å²) in [7, 11) is 1.74. The molecule has 0 saturated heterocycles. The maximum atomic E-state index is 11.2. The smallest absolute Gasteiger partial charge is 0.295 e. The monoisotopic (exact) mass is 271 g/mol. The third kappa shape index (κ3) is 2.47. The Kier molecular flexibility index (Phi) is 3.70. The van der Waals surface area contributed by atoms with Gasteiger partial charge in [0.05, 0.1) is 4.92 Å². The van der Waals surface area contributed by atoms with E-state index < -0.39 is 4.92 Å². The number of pyridine rings is 1. The van der Waals surface area contributed by atoms with Gasteiger partial charge in [0.2, 0.25) is 0 Å². The van der Waals surface area contributed by atoms with E-state index in [1.807, 2.05) is 32.9 Å². The summed E-state index contributed by atoms with van der Waals surface area (Å²) < 4.78 is 0. The van der Waals surface area contributed by atoms with Gasteiger partial charge < -0.3 is 5.32 Å². The topological polar surface area (TPSA) is 68.1 Å². The average molecular weight is 271 g/mol. The number of nitrogens with one attached hydrogen (secondary N) is 1. The molecular formula is C15H17N3O2. The fraction of sp³-hybridized carbons (Fsp3) is 0.267. The molecule has 0 spiro atoms. The van der Waals surface area contributed by atoms with Crippen LogP contribution in [-0.2, 0) is 0 Å². The standard InChI is InChI=1S/C15H17N3O2/c1-9-7-11(3)12(8-10(9)2)15-13(18(19)20)5-6-14(16-4)17-15/h5-8H,1-4H3,(H,16,17). The molecule has 0 aliphatic rings. The lowest BCUT2D eigenvalue weighted by Gasteiger charge is -2.11. The van der Waals surface area contributed by atoms with Crippen molar-refractivity contribution < 1.29 is 4.92 Å². The third-order valence-electron chi connectivity index (χ3n) is 3.42. The van der Waals surface area contributed by atoms with Crippen molar-refractivity contribution in [3.8, 4) is 11.3 Å². The molecule has 1 N–H and O–H groups in total. The zero-order valence-electron chi connectivity index (χ0n) is 12.0. The minimum absolute atomic E-state index is 0.0235. The molecule has 104 valence electrons. The van der Waals surface area contributed by atoms with Crippen molar-refractivity contribution in [2.75, 3.05) is 12.4 Å². The third-order valence-corrected chi connectivity index (χ3v) is 3.42. The zero-order chi connectivity index (χ0) is 14.9. The molecule has 5 heteroatoms. The summed E-state index contributed by atoms with van der Waals surface area (Å²) in [5.41, 5.74) is 4.47. The SMILES string of the molecule is CNc1ccc([N+](=O)[O-])c(-c2cc(C)c(C)cc2C)n1. The number of rotatable bonds is 3. The number of hydrogen-bond acceptors (Lipinski definition) is 4. The van der Waals surface area contributed by atoms with Crippen molar-refractivity contribution in [2.45, 2.75) is 20.8 Å². The molecule has 0 bridgehead atoms. The van der Waals surface area contributed by atoms with Crippen molar-refractivity contribution in [3.63, 3.8) is 0 Å². The second-order valence-electron chi connectivity index (χ2n) is 4.82. The number of benzene rings is 1. The van der Waals surface area contributed by atoms with Gasteiger partial charge in [0.25, 0.3) is 5.69 Å². The van der Waals surface area contributed by atoms with Crippen molar-refractivity contribution >= 4 is 11.5 Å². The molecule has 20 heavy (non-hydrogen) atoms. The van der Waals surface area contributed by atoms with Crippen molar-refractivity contribution in [1.29, 1.82) is 0 Å². The fourth-order valence-electron chi connectivity index (χ4n) is 2.15. The highest BCUT2D eigenvalue weighted by Crippen LogP contribution is 2.32. The molecule has 0 aliphatic heterocycles. The van der Waals surface area contributed by atoms with E-state index in [1.54, 1.807) is 13.1 Å². The lowest BCUT2D eigenvalue weighted by atomic mass is 9.97. The lowest BCUT2D eigenvalue weighted by molar-refractivity contribution is -0.384. The Morgan fingerprint density at radius 3 is 2.35 bits per heavy atom. The van der Waals surface area contributed by atoms with Gasteiger partial charge in [-0.05, 0) is 49.6 Å². The van der Waals surface area contributed by atoms with Gasteiger partial charge in [0.1, 0.15) is 5.82 Å². The highest BCUT2D eigenvalue weighted by molar-refractivity contribution is 5.74. The molecule has 5 nitrogen and oxygen atoms in total. The van der Waals surface area contributed by atoms with Crippen LogP contribution < -0.4 is 5.32 Å². The molecule has 0 aliphatic carbocycles. The van der Waals surface area contributed by atoms with E-state index in [0.717, 1.165) is 16.7 Å². The molecule has 1 aromatic heterocycles. The van der Waals surface area contributed by atoms with Gasteiger partial charge in [-0.15, -0.1) is 0 Å². The molecule has 0 unspecified atom stereocenters. The van der Waals surface area contributed by atoms with Crippen LogP contribution >= 0.6 is 0 Å². The first-order valence-corrected chi connectivity index (χ1v) is 6.35. The van der Waals surface area contributed by atoms with Gasteiger partial charge in [0.15, 0.2) is 5.69 Å². The highest BCUT2D eigenvalue weighted by atomic mass is 16.6. The van der Waals surface area contributed by atoms with Crippen LogP contribution in [0, 0.1) is 30.9 Å². The summed E-state index contributed by atoms with van der Waals surface area (Å²) in [6, 6.07) is 7.09. The molecule has 2 rings (SSSR count). The summed E-state index contributed by atoms with van der Waals surface area (Å²) in [4.78, 5) is 15.2. The first kappa shape index (κ1) is 14.0. The second kappa shape index (κ2) is 5.28. The molecular weight excluding hydrogens is 254 g/mol. The number of anilines is 1. The maximum Gasteiger partial charge on any atom is 0.295 e. The Morgan fingerprint density at radius 2 is 1.75 bits per heavy atom. The largest absolute Gasteiger partial charge is 0.373 e. The first-order chi connectivity index (χ1) is 9.43. The Balaban J connectivity index is 2.73. The minimum Gasteiger partial charge on any atom is -0.373 e. The summed E-state index contributed by atoms with van der Waals surface area (Å²) in [6.45, 7) is 5.96. The summed E-state index contributed by atoms with van der Waals surface area (Å²) >= 11 is 0. The first-order valence-electron chi connectivity index (χ1n) is 6.35. The lowest BCUT2D eigenvalue weighted by Crippen LogP contribution is -2.00. The number of nitro groups is 1. The number of aryl methyl sites for hydroxylation is 3. The van der Waals surface area contributed by atoms with Gasteiger partial charge in [0, 0.05) is 18.7 Å². The van der Waals surface area contributed by atoms with E-state index in [2.05, 4.69) is 10.3 Å². The maximum absolute atomic E-state index is 11.2. The van der Waals surface area contributed by atoms with Gasteiger partial charge in [-0.2, -0.15) is 0 Å². The molecule has 0 radical (unpaired) electrons. The van der Waals surface area contributed by atoms with E-state index in [1.165, 1.54) is 11.6 Å². The fourth-order valence-corrected chi connectivity index (χ4v) is 2.15. The number of nitrogens with zero attached hydrogens (tertiary/aromatic N) is 2. The predicted octanol–water partition coefficient (Wildman–Crippen LogP) is 3.62. The van der Waals surface area contributed by atoms with Crippen LogP contribution in [0.4, 0.5) is 11.5 Å². The Morgan fingerprint density at radius 1 is 1.10 bits per heavy atom. The van der Waals surface area contributed by atoms with E-state index in [-0.39, 0.29) is 5.69 Å². The minimum atomic E-state index is -0.392. The Bertz CT molecular complexity index is 681. The van der Waals surface area contributed by atoms with Crippen LogP contribution in [-0.4, -0.2) is 17.0 Å². The van der Waals surface area contributed by atoms with Crippen LogP contribution in [0.25, 0.3) is 11.3 Å². The normalized spacial score (nSPS) is 10.4. The van der Waals surface area contributed by atoms with Gasteiger partial charge in [-0.25, -0.2) is 4.98 Å². The molecule has 0 atom stereocenters. The van der Waals surface area contributed by atoms with E-state index in [0.29, 0.717) is 11.5 Å². The van der Waals surface area contributed by atoms with E-state index in [4.69, 9.17) is 0 Å². The molecule has 1 aromatic carbocycles. The van der Waals surface area contributed by atoms with Crippen LogP contribution in [0.5, 0.6) is 0 Å². The van der Waals surface area contributed by atoms with E-state index in [9.17, 15) is 10.1 Å². The van der Waals surface area contributed by atoms with Gasteiger partial charge in [-0.3, -0.25) is 10.1 Å². The Labute approximate surface area is 117 Å². The molecule has 1 heterocycles. The van der Waals surface area contributed by atoms with E-state index >= 15 is 0 Å². The number of hydrogen-bond donors (Lipinski definition) is 1. The summed E-state index contributed by atoms with van der Waals surface area (Å²) in [5.74, 6) is 0.614. The van der Waals surface area contributed by atoms with Gasteiger partial charge >= 0.3 is 0 Å². The van der Waals surface area contributed by atoms with Crippen LogP contribution in [0.3, 0.4) is 0 Å².